The summed E-state index contributed by atoms with van der Waals surface area (Å²) >= 11 is 0. The fourth-order valence-corrected chi connectivity index (χ4v) is 4.30. The third-order valence-corrected chi connectivity index (χ3v) is 5.84. The zero-order valence-electron chi connectivity index (χ0n) is 17.2. The number of carbonyl (C=O) groups is 2. The Kier molecular flexibility index (Phi) is 5.53. The highest BCUT2D eigenvalue weighted by Gasteiger charge is 2.38. The molecule has 5 heteroatoms. The van der Waals surface area contributed by atoms with Gasteiger partial charge in [0.25, 0.3) is 5.91 Å². The highest BCUT2D eigenvalue weighted by atomic mass is 19.1. The number of benzene rings is 2. The lowest BCUT2D eigenvalue weighted by Gasteiger charge is -2.34. The van der Waals surface area contributed by atoms with E-state index in [9.17, 15) is 14.0 Å². The minimum absolute atomic E-state index is 0.0906. The molecule has 4 rings (SSSR count). The van der Waals surface area contributed by atoms with Crippen LogP contribution in [0.1, 0.15) is 50.2 Å². The molecule has 1 heterocycles. The average Bonchev–Trinajstić information content (AvgIpc) is 2.74. The minimum atomic E-state index is -0.416. The van der Waals surface area contributed by atoms with Gasteiger partial charge in [0.05, 0.1) is 0 Å². The fraction of sp³-hybridized carbons (Fsp3) is 0.280. The highest BCUT2D eigenvalue weighted by molar-refractivity contribution is 6.09. The van der Waals surface area contributed by atoms with Crippen molar-refractivity contribution >= 4 is 17.4 Å². The Labute approximate surface area is 175 Å². The molecule has 1 aliphatic heterocycles. The molecule has 2 aromatic rings. The summed E-state index contributed by atoms with van der Waals surface area (Å²) in [6.07, 6.45) is 3.04. The van der Waals surface area contributed by atoms with Crippen LogP contribution in [0.4, 0.5) is 10.1 Å². The van der Waals surface area contributed by atoms with E-state index in [1.54, 1.807) is 0 Å². The monoisotopic (exact) mass is 404 g/mol. The predicted octanol–water partition coefficient (Wildman–Crippen LogP) is 4.99. The Morgan fingerprint density at radius 1 is 1.10 bits per heavy atom. The molecule has 0 fully saturated rings. The third kappa shape index (κ3) is 3.80. The van der Waals surface area contributed by atoms with Crippen LogP contribution in [0.2, 0.25) is 0 Å². The normalized spacial score (nSPS) is 18.8. The standard InChI is InChI=1S/C25H25FN2O2/c1-3-16-7-9-17(10-8-16)23-22(25(30)28-19-13-11-18(26)12-14-19)15(2)27-20-5-4-6-21(29)24(20)23/h7-14,23,27H,3-6H2,1-2H3,(H,28,30)/t23-/m1/s1. The predicted molar refractivity (Wildman–Crippen MR) is 115 cm³/mol. The molecule has 2 aromatic carbocycles. The van der Waals surface area contributed by atoms with Crippen LogP contribution in [-0.2, 0) is 16.0 Å². The Hall–Kier alpha value is -3.21. The molecule has 0 saturated carbocycles. The molecule has 1 atom stereocenters. The van der Waals surface area contributed by atoms with Crippen molar-refractivity contribution < 1.29 is 14.0 Å². The molecule has 0 radical (unpaired) electrons. The number of ketones is 1. The lowest BCUT2D eigenvalue weighted by molar-refractivity contribution is -0.116. The van der Waals surface area contributed by atoms with E-state index in [0.29, 0.717) is 23.3 Å². The van der Waals surface area contributed by atoms with Gasteiger partial charge in [-0.25, -0.2) is 4.39 Å². The maximum absolute atomic E-state index is 13.3. The van der Waals surface area contributed by atoms with Crippen molar-refractivity contribution in [3.63, 3.8) is 0 Å². The molecule has 154 valence electrons. The van der Waals surface area contributed by atoms with Crippen molar-refractivity contribution in [1.82, 2.24) is 5.32 Å². The van der Waals surface area contributed by atoms with E-state index in [1.807, 2.05) is 19.1 Å². The zero-order chi connectivity index (χ0) is 21.3. The van der Waals surface area contributed by atoms with Crippen LogP contribution in [0, 0.1) is 5.82 Å². The van der Waals surface area contributed by atoms with Gasteiger partial charge in [-0.15, -0.1) is 0 Å². The second kappa shape index (κ2) is 8.27. The van der Waals surface area contributed by atoms with Crippen LogP contribution in [0.5, 0.6) is 0 Å². The number of halogens is 1. The summed E-state index contributed by atoms with van der Waals surface area (Å²) in [6.45, 7) is 3.96. The first-order valence-electron chi connectivity index (χ1n) is 10.4. The average molecular weight is 404 g/mol. The van der Waals surface area contributed by atoms with E-state index in [2.05, 4.69) is 29.7 Å². The second-order valence-corrected chi connectivity index (χ2v) is 7.82. The van der Waals surface area contributed by atoms with E-state index in [4.69, 9.17) is 0 Å². The molecule has 0 bridgehead atoms. The first-order chi connectivity index (χ1) is 14.5. The van der Waals surface area contributed by atoms with Crippen molar-refractivity contribution in [3.8, 4) is 0 Å². The van der Waals surface area contributed by atoms with Crippen LogP contribution in [0.15, 0.2) is 71.1 Å². The van der Waals surface area contributed by atoms with Crippen LogP contribution in [0.25, 0.3) is 0 Å². The van der Waals surface area contributed by atoms with E-state index in [1.165, 1.54) is 29.8 Å². The highest BCUT2D eigenvalue weighted by Crippen LogP contribution is 2.42. The van der Waals surface area contributed by atoms with Crippen molar-refractivity contribution in [1.29, 1.82) is 0 Å². The van der Waals surface area contributed by atoms with Crippen molar-refractivity contribution in [3.05, 3.63) is 88.0 Å². The molecule has 0 unspecified atom stereocenters. The summed E-state index contributed by atoms with van der Waals surface area (Å²) in [7, 11) is 0. The van der Waals surface area contributed by atoms with Gasteiger partial charge < -0.3 is 10.6 Å². The minimum Gasteiger partial charge on any atom is -0.362 e. The quantitative estimate of drug-likeness (QED) is 0.754. The molecule has 2 N–H and O–H groups in total. The summed E-state index contributed by atoms with van der Waals surface area (Å²) in [6, 6.07) is 13.8. The maximum atomic E-state index is 13.3. The second-order valence-electron chi connectivity index (χ2n) is 7.82. The van der Waals surface area contributed by atoms with Crippen molar-refractivity contribution in [2.45, 2.75) is 45.4 Å². The van der Waals surface area contributed by atoms with E-state index in [-0.39, 0.29) is 17.5 Å². The first-order valence-corrected chi connectivity index (χ1v) is 10.4. The smallest absolute Gasteiger partial charge is 0.254 e. The van der Waals surface area contributed by atoms with Gasteiger partial charge in [-0.05, 0) is 61.6 Å². The van der Waals surface area contributed by atoms with Gasteiger partial charge in [-0.2, -0.15) is 0 Å². The number of carbonyl (C=O) groups excluding carboxylic acids is 2. The zero-order valence-corrected chi connectivity index (χ0v) is 17.2. The Morgan fingerprint density at radius 2 is 1.80 bits per heavy atom. The van der Waals surface area contributed by atoms with Gasteiger partial charge in [0.1, 0.15) is 5.82 Å². The van der Waals surface area contributed by atoms with Gasteiger partial charge in [-0.1, -0.05) is 31.2 Å². The Balaban J connectivity index is 1.76. The molecule has 1 aliphatic carbocycles. The molecule has 30 heavy (non-hydrogen) atoms. The van der Waals surface area contributed by atoms with Crippen molar-refractivity contribution in [2.75, 3.05) is 5.32 Å². The summed E-state index contributed by atoms with van der Waals surface area (Å²) < 4.78 is 13.2. The van der Waals surface area contributed by atoms with Crippen LogP contribution >= 0.6 is 0 Å². The molecule has 0 aromatic heterocycles. The fourth-order valence-electron chi connectivity index (χ4n) is 4.30. The van der Waals surface area contributed by atoms with E-state index >= 15 is 0 Å². The Morgan fingerprint density at radius 3 is 2.47 bits per heavy atom. The van der Waals surface area contributed by atoms with Gasteiger partial charge in [0, 0.05) is 40.6 Å². The lowest BCUT2D eigenvalue weighted by atomic mass is 9.75. The number of allylic oxidation sites excluding steroid dienone is 3. The molecular weight excluding hydrogens is 379 g/mol. The molecule has 4 nitrogen and oxygen atoms in total. The van der Waals surface area contributed by atoms with Gasteiger partial charge in [0.2, 0.25) is 0 Å². The molecule has 1 amide bonds. The number of amides is 1. The summed E-state index contributed by atoms with van der Waals surface area (Å²) in [4.78, 5) is 26.2. The molecule has 2 aliphatic rings. The van der Waals surface area contributed by atoms with E-state index in [0.717, 1.165) is 36.2 Å². The van der Waals surface area contributed by atoms with Gasteiger partial charge in [-0.3, -0.25) is 9.59 Å². The van der Waals surface area contributed by atoms with Crippen LogP contribution in [0.3, 0.4) is 0 Å². The third-order valence-electron chi connectivity index (χ3n) is 5.84. The van der Waals surface area contributed by atoms with E-state index < -0.39 is 5.92 Å². The number of rotatable bonds is 4. The van der Waals surface area contributed by atoms with Gasteiger partial charge >= 0.3 is 0 Å². The molecule has 0 spiro atoms. The van der Waals surface area contributed by atoms with Crippen LogP contribution in [-0.4, -0.2) is 11.7 Å². The number of anilines is 1. The van der Waals surface area contributed by atoms with Gasteiger partial charge in [0.15, 0.2) is 5.78 Å². The number of dihydropyridines is 1. The molecule has 0 saturated heterocycles. The summed E-state index contributed by atoms with van der Waals surface area (Å²) in [5.41, 5.74) is 5.53. The Bertz CT molecular complexity index is 1050. The number of aryl methyl sites for hydroxylation is 1. The SMILES string of the molecule is CCc1ccc([C@@H]2C(C(=O)Nc3ccc(F)cc3)=C(C)NC3=C2C(=O)CCC3)cc1. The summed E-state index contributed by atoms with van der Waals surface area (Å²) in [5.74, 6) is -0.978. The largest absolute Gasteiger partial charge is 0.362 e. The number of nitrogens with one attached hydrogen (secondary N) is 2. The first kappa shape index (κ1) is 20.1. The maximum Gasteiger partial charge on any atom is 0.254 e. The van der Waals surface area contributed by atoms with Crippen LogP contribution < -0.4 is 10.6 Å². The van der Waals surface area contributed by atoms with Crippen molar-refractivity contribution in [2.24, 2.45) is 0 Å². The lowest BCUT2D eigenvalue weighted by Crippen LogP contribution is -2.35. The summed E-state index contributed by atoms with van der Waals surface area (Å²) in [5, 5.41) is 6.18. The molecular formula is C25H25FN2O2. The number of hydrogen-bond donors (Lipinski definition) is 2. The topological polar surface area (TPSA) is 58.2 Å². The number of hydrogen-bond acceptors (Lipinski definition) is 3. The number of Topliss-reactive ketones (excluding diaryl/α,β-unsaturated/α-hetero) is 1.